The maximum Gasteiger partial charge on any atom is 0.227 e. The van der Waals surface area contributed by atoms with Crippen LogP contribution in [0.2, 0.25) is 0 Å². The summed E-state index contributed by atoms with van der Waals surface area (Å²) in [6, 6.07) is 7.18. The van der Waals surface area contributed by atoms with Crippen LogP contribution in [-0.4, -0.2) is 24.9 Å². The predicted octanol–water partition coefficient (Wildman–Crippen LogP) is 2.25. The normalized spacial score (nSPS) is 15.3. The van der Waals surface area contributed by atoms with Crippen LogP contribution in [0.15, 0.2) is 24.3 Å². The molecule has 0 aromatic heterocycles. The van der Waals surface area contributed by atoms with E-state index in [4.69, 9.17) is 0 Å². The Hall–Kier alpha value is -1.59. The third kappa shape index (κ3) is 4.72. The Morgan fingerprint density at radius 2 is 1.71 bits per heavy atom. The van der Waals surface area contributed by atoms with Gasteiger partial charge in [-0.15, -0.1) is 12.4 Å². The zero-order valence-electron chi connectivity index (χ0n) is 12.3. The van der Waals surface area contributed by atoms with E-state index in [2.05, 4.69) is 16.0 Å². The number of rotatable bonds is 5. The zero-order chi connectivity index (χ0) is 14.5. The first-order chi connectivity index (χ1) is 9.60. The first-order valence-corrected chi connectivity index (χ1v) is 7.01. The average molecular weight is 312 g/mol. The number of carbonyl (C=O) groups excluding carboxylic acids is 2. The van der Waals surface area contributed by atoms with Crippen LogP contribution in [-0.2, 0) is 9.59 Å². The molecular formula is C15H22ClN3O2. The quantitative estimate of drug-likeness (QED) is 0.781. The summed E-state index contributed by atoms with van der Waals surface area (Å²) >= 11 is 0. The highest BCUT2D eigenvalue weighted by molar-refractivity contribution is 5.94. The van der Waals surface area contributed by atoms with E-state index in [1.54, 1.807) is 31.2 Å². The molecule has 1 aliphatic rings. The van der Waals surface area contributed by atoms with E-state index >= 15 is 0 Å². The second-order valence-electron chi connectivity index (χ2n) is 5.18. The van der Waals surface area contributed by atoms with Crippen molar-refractivity contribution >= 4 is 35.6 Å². The van der Waals surface area contributed by atoms with Gasteiger partial charge in [-0.3, -0.25) is 9.59 Å². The number of carbonyl (C=O) groups is 2. The standard InChI is InChI=1S/C15H21N3O2.ClH/c1-3-14(19)17-12-4-6-13(7-5-12)18-15(20)10(2)11-8-16-9-11;/h4-7,10-11,16H,3,8-9H2,1-2H3,(H,17,19)(H,18,20);1H. The van der Waals surface area contributed by atoms with Crippen molar-refractivity contribution < 1.29 is 9.59 Å². The fourth-order valence-electron chi connectivity index (χ4n) is 2.02. The summed E-state index contributed by atoms with van der Waals surface area (Å²) in [4.78, 5) is 23.3. The Bertz CT molecular complexity index is 486. The van der Waals surface area contributed by atoms with Gasteiger partial charge in [0.15, 0.2) is 0 Å². The van der Waals surface area contributed by atoms with Crippen molar-refractivity contribution in [2.45, 2.75) is 20.3 Å². The molecule has 2 amide bonds. The second-order valence-corrected chi connectivity index (χ2v) is 5.18. The molecule has 116 valence electrons. The Morgan fingerprint density at radius 1 is 1.19 bits per heavy atom. The lowest BCUT2D eigenvalue weighted by Gasteiger charge is -2.31. The molecule has 1 fully saturated rings. The van der Waals surface area contributed by atoms with Gasteiger partial charge in [0, 0.05) is 23.7 Å². The molecule has 3 N–H and O–H groups in total. The smallest absolute Gasteiger partial charge is 0.227 e. The van der Waals surface area contributed by atoms with Gasteiger partial charge in [0.1, 0.15) is 0 Å². The fraction of sp³-hybridized carbons (Fsp3) is 0.467. The Balaban J connectivity index is 0.00000220. The van der Waals surface area contributed by atoms with Crippen molar-refractivity contribution in [1.82, 2.24) is 5.32 Å². The summed E-state index contributed by atoms with van der Waals surface area (Å²) in [5.74, 6) is 0.462. The lowest BCUT2D eigenvalue weighted by atomic mass is 9.88. The number of halogens is 1. The largest absolute Gasteiger partial charge is 0.326 e. The average Bonchev–Trinajstić information content (AvgIpc) is 2.38. The molecule has 0 spiro atoms. The molecular weight excluding hydrogens is 290 g/mol. The van der Waals surface area contributed by atoms with Crippen molar-refractivity contribution in [2.24, 2.45) is 11.8 Å². The number of hydrogen-bond acceptors (Lipinski definition) is 3. The maximum absolute atomic E-state index is 12.0. The van der Waals surface area contributed by atoms with Gasteiger partial charge in [-0.1, -0.05) is 13.8 Å². The number of benzene rings is 1. The van der Waals surface area contributed by atoms with Gasteiger partial charge in [0.25, 0.3) is 0 Å². The lowest BCUT2D eigenvalue weighted by molar-refractivity contribution is -0.121. The molecule has 1 aromatic rings. The second kappa shape index (κ2) is 8.00. The minimum absolute atomic E-state index is 0. The van der Waals surface area contributed by atoms with E-state index < -0.39 is 0 Å². The molecule has 1 aliphatic heterocycles. The van der Waals surface area contributed by atoms with Crippen molar-refractivity contribution in [3.8, 4) is 0 Å². The van der Waals surface area contributed by atoms with Crippen LogP contribution in [0.3, 0.4) is 0 Å². The lowest BCUT2D eigenvalue weighted by Crippen LogP contribution is -2.48. The Kier molecular flexibility index (Phi) is 6.65. The van der Waals surface area contributed by atoms with Crippen molar-refractivity contribution in [3.63, 3.8) is 0 Å². The third-order valence-corrected chi connectivity index (χ3v) is 3.69. The number of hydrogen-bond donors (Lipinski definition) is 3. The van der Waals surface area contributed by atoms with Crippen LogP contribution in [0.25, 0.3) is 0 Å². The van der Waals surface area contributed by atoms with Gasteiger partial charge in [-0.25, -0.2) is 0 Å². The van der Waals surface area contributed by atoms with Gasteiger partial charge in [0.2, 0.25) is 11.8 Å². The van der Waals surface area contributed by atoms with Crippen LogP contribution >= 0.6 is 12.4 Å². The molecule has 5 nitrogen and oxygen atoms in total. The number of anilines is 2. The molecule has 0 aliphatic carbocycles. The van der Waals surface area contributed by atoms with Crippen LogP contribution in [0.4, 0.5) is 11.4 Å². The van der Waals surface area contributed by atoms with Gasteiger partial charge >= 0.3 is 0 Å². The van der Waals surface area contributed by atoms with Crippen molar-refractivity contribution in [3.05, 3.63) is 24.3 Å². The van der Waals surface area contributed by atoms with E-state index in [1.165, 1.54) is 0 Å². The van der Waals surface area contributed by atoms with Gasteiger partial charge in [-0.2, -0.15) is 0 Å². The SMILES string of the molecule is CCC(=O)Nc1ccc(NC(=O)C(C)C2CNC2)cc1.Cl. The fourth-order valence-corrected chi connectivity index (χ4v) is 2.02. The van der Waals surface area contributed by atoms with Crippen LogP contribution in [0.1, 0.15) is 20.3 Å². The highest BCUT2D eigenvalue weighted by atomic mass is 35.5. The molecule has 1 unspecified atom stereocenters. The van der Waals surface area contributed by atoms with Crippen molar-refractivity contribution in [2.75, 3.05) is 23.7 Å². The highest BCUT2D eigenvalue weighted by Crippen LogP contribution is 2.19. The van der Waals surface area contributed by atoms with Crippen LogP contribution < -0.4 is 16.0 Å². The van der Waals surface area contributed by atoms with E-state index in [0.717, 1.165) is 24.5 Å². The molecule has 21 heavy (non-hydrogen) atoms. The maximum atomic E-state index is 12.0. The molecule has 1 heterocycles. The zero-order valence-corrected chi connectivity index (χ0v) is 13.1. The number of nitrogens with one attached hydrogen (secondary N) is 3. The number of amides is 2. The first-order valence-electron chi connectivity index (χ1n) is 7.01. The summed E-state index contributed by atoms with van der Waals surface area (Å²) in [5, 5.41) is 8.85. The van der Waals surface area contributed by atoms with Crippen LogP contribution in [0, 0.1) is 11.8 Å². The minimum atomic E-state index is -0.0205. The summed E-state index contributed by atoms with van der Waals surface area (Å²) in [7, 11) is 0. The Morgan fingerprint density at radius 3 is 2.14 bits per heavy atom. The summed E-state index contributed by atoms with van der Waals surface area (Å²) < 4.78 is 0. The molecule has 0 radical (unpaired) electrons. The minimum Gasteiger partial charge on any atom is -0.326 e. The van der Waals surface area contributed by atoms with E-state index in [9.17, 15) is 9.59 Å². The molecule has 1 aromatic carbocycles. The summed E-state index contributed by atoms with van der Waals surface area (Å²) in [5.41, 5.74) is 1.50. The summed E-state index contributed by atoms with van der Waals surface area (Å²) in [6.07, 6.45) is 0.450. The summed E-state index contributed by atoms with van der Waals surface area (Å²) in [6.45, 7) is 5.59. The molecule has 0 saturated carbocycles. The van der Waals surface area contributed by atoms with Crippen molar-refractivity contribution in [1.29, 1.82) is 0 Å². The van der Waals surface area contributed by atoms with Gasteiger partial charge in [-0.05, 0) is 43.3 Å². The van der Waals surface area contributed by atoms with E-state index in [0.29, 0.717) is 12.3 Å². The van der Waals surface area contributed by atoms with Crippen LogP contribution in [0.5, 0.6) is 0 Å². The third-order valence-electron chi connectivity index (χ3n) is 3.69. The highest BCUT2D eigenvalue weighted by Gasteiger charge is 2.28. The van der Waals surface area contributed by atoms with Gasteiger partial charge in [0.05, 0.1) is 0 Å². The molecule has 1 saturated heterocycles. The molecule has 0 bridgehead atoms. The van der Waals surface area contributed by atoms with E-state index in [1.807, 2.05) is 6.92 Å². The van der Waals surface area contributed by atoms with Gasteiger partial charge < -0.3 is 16.0 Å². The van der Waals surface area contributed by atoms with E-state index in [-0.39, 0.29) is 30.1 Å². The first kappa shape index (κ1) is 17.5. The predicted molar refractivity (Wildman–Crippen MR) is 86.8 cm³/mol. The molecule has 1 atom stereocenters. The molecule has 2 rings (SSSR count). The molecule has 6 heteroatoms. The topological polar surface area (TPSA) is 70.2 Å². The monoisotopic (exact) mass is 311 g/mol. The Labute approximate surface area is 131 Å².